The van der Waals surface area contributed by atoms with Gasteiger partial charge in [-0.05, 0) is 11.5 Å². The maximum Gasteiger partial charge on any atom is 0.142 e. The Morgan fingerprint density at radius 2 is 1.75 bits per heavy atom. The quantitative estimate of drug-likeness (QED) is 0.431. The monoisotopic (exact) mass is 153 g/mol. The number of nitrogens with zero attached hydrogens (tertiary/aromatic N) is 1. The van der Waals surface area contributed by atoms with Gasteiger partial charge in [-0.1, -0.05) is 29.1 Å². The number of fused-ring (bicyclic) bond motifs is 1. The van der Waals surface area contributed by atoms with Crippen molar-refractivity contribution in [2.45, 2.75) is 0 Å². The number of hydrogen-bond donors (Lipinski definition) is 0. The number of hydrogen-bond acceptors (Lipinski definition) is 1. The molecule has 0 bridgehead atoms. The van der Waals surface area contributed by atoms with Crippen LogP contribution in [0.5, 0.6) is 0 Å². The largest absolute Gasteiger partial charge is 0.257 e. The molecule has 0 atom stereocenters. The molecule has 3 heteroatoms. The third kappa shape index (κ3) is 1.02. The predicted octanol–water partition coefficient (Wildman–Crippen LogP) is -1.25. The first-order valence-corrected chi connectivity index (χ1v) is 4.10. The lowest BCUT2D eigenvalue weighted by atomic mass is 9.85. The van der Waals surface area contributed by atoms with E-state index in [1.807, 2.05) is 12.3 Å². The highest BCUT2D eigenvalue weighted by Crippen LogP contribution is 2.03. The van der Waals surface area contributed by atoms with Crippen molar-refractivity contribution in [2.75, 3.05) is 0 Å². The van der Waals surface area contributed by atoms with E-state index in [0.717, 1.165) is 5.52 Å². The zero-order valence-electron chi connectivity index (χ0n) is 7.33. The topological polar surface area (TPSA) is 12.9 Å². The highest BCUT2D eigenvalue weighted by Gasteiger charge is 1.98. The first kappa shape index (κ1) is 7.41. The molecule has 0 N–H and O–H groups in total. The first-order chi connectivity index (χ1) is 5.79. The molecule has 0 fully saturated rings. The van der Waals surface area contributed by atoms with Gasteiger partial charge in [0.1, 0.15) is 15.7 Å². The minimum atomic E-state index is 1.12. The molecule has 1 aromatic carbocycles. The second-order valence-corrected chi connectivity index (χ2v) is 3.10. The molecule has 56 valence electrons. The van der Waals surface area contributed by atoms with E-state index >= 15 is 0 Å². The summed E-state index contributed by atoms with van der Waals surface area (Å²) >= 11 is 0. The molecule has 2 rings (SSSR count). The molecule has 0 spiro atoms. The van der Waals surface area contributed by atoms with Crippen molar-refractivity contribution in [1.82, 2.24) is 4.98 Å². The van der Waals surface area contributed by atoms with E-state index in [4.69, 9.17) is 0 Å². The fraction of sp³-hybridized carbons (Fsp3) is 0. The summed E-state index contributed by atoms with van der Waals surface area (Å²) in [6, 6.07) is 8.35. The van der Waals surface area contributed by atoms with Gasteiger partial charge in [-0.15, -0.1) is 0 Å². The zero-order valence-corrected chi connectivity index (χ0v) is 7.33. The Bertz CT molecular complexity index is 385. The SMILES string of the molecule is Bc1ccc(B)c2ncccc12. The number of aromatic nitrogens is 1. The summed E-state index contributed by atoms with van der Waals surface area (Å²) < 4.78 is 0. The maximum absolute atomic E-state index is 4.34. The molecule has 0 radical (unpaired) electrons. The van der Waals surface area contributed by atoms with Crippen molar-refractivity contribution < 1.29 is 0 Å². The smallest absolute Gasteiger partial charge is 0.142 e. The molecule has 0 saturated heterocycles. The van der Waals surface area contributed by atoms with Crippen LogP contribution in [0.3, 0.4) is 0 Å². The van der Waals surface area contributed by atoms with Crippen LogP contribution < -0.4 is 10.9 Å². The molecular formula is C9H9B2N. The Labute approximate surface area is 73.6 Å². The van der Waals surface area contributed by atoms with Gasteiger partial charge in [-0.2, -0.15) is 0 Å². The van der Waals surface area contributed by atoms with Crippen molar-refractivity contribution in [3.05, 3.63) is 30.5 Å². The minimum Gasteiger partial charge on any atom is -0.257 e. The van der Waals surface area contributed by atoms with Crippen LogP contribution in [0.2, 0.25) is 0 Å². The fourth-order valence-corrected chi connectivity index (χ4v) is 1.46. The normalized spacial score (nSPS) is 10.3. The van der Waals surface area contributed by atoms with Crippen LogP contribution in [0.1, 0.15) is 0 Å². The molecule has 0 aliphatic rings. The van der Waals surface area contributed by atoms with E-state index in [2.05, 4.69) is 38.9 Å². The number of rotatable bonds is 0. The third-order valence-corrected chi connectivity index (χ3v) is 2.19. The molecular weight excluding hydrogens is 144 g/mol. The molecule has 1 heterocycles. The van der Waals surface area contributed by atoms with Crippen LogP contribution in [0.4, 0.5) is 0 Å². The van der Waals surface area contributed by atoms with Crippen LogP contribution >= 0.6 is 0 Å². The van der Waals surface area contributed by atoms with E-state index in [9.17, 15) is 0 Å². The average Bonchev–Trinajstić information content (AvgIpc) is 2.12. The van der Waals surface area contributed by atoms with E-state index in [1.54, 1.807) is 0 Å². The van der Waals surface area contributed by atoms with E-state index in [1.165, 1.54) is 16.3 Å². The second kappa shape index (κ2) is 2.67. The van der Waals surface area contributed by atoms with Crippen molar-refractivity contribution in [3.8, 4) is 0 Å². The fourth-order valence-electron chi connectivity index (χ4n) is 1.46. The lowest BCUT2D eigenvalue weighted by molar-refractivity contribution is 1.43. The van der Waals surface area contributed by atoms with Crippen molar-refractivity contribution >= 4 is 37.5 Å². The molecule has 0 aliphatic heterocycles. The molecule has 0 aliphatic carbocycles. The number of pyridine rings is 1. The van der Waals surface area contributed by atoms with Crippen molar-refractivity contribution in [2.24, 2.45) is 0 Å². The van der Waals surface area contributed by atoms with E-state index < -0.39 is 0 Å². The van der Waals surface area contributed by atoms with Crippen LogP contribution in [-0.2, 0) is 0 Å². The molecule has 2 aromatic rings. The van der Waals surface area contributed by atoms with Crippen molar-refractivity contribution in [3.63, 3.8) is 0 Å². The van der Waals surface area contributed by atoms with Crippen LogP contribution in [0.25, 0.3) is 10.9 Å². The summed E-state index contributed by atoms with van der Waals surface area (Å²) in [6.07, 6.45) is 1.84. The Balaban J connectivity index is 2.95. The molecule has 1 nitrogen and oxygen atoms in total. The Hall–Kier alpha value is -1.24. The van der Waals surface area contributed by atoms with Gasteiger partial charge < -0.3 is 0 Å². The molecule has 0 saturated carbocycles. The van der Waals surface area contributed by atoms with Gasteiger partial charge in [-0.3, -0.25) is 4.98 Å². The van der Waals surface area contributed by atoms with E-state index in [0.29, 0.717) is 0 Å². The van der Waals surface area contributed by atoms with Crippen molar-refractivity contribution in [1.29, 1.82) is 0 Å². The van der Waals surface area contributed by atoms with Gasteiger partial charge in [0.25, 0.3) is 0 Å². The first-order valence-electron chi connectivity index (χ1n) is 4.10. The highest BCUT2D eigenvalue weighted by atomic mass is 14.6. The lowest BCUT2D eigenvalue weighted by Crippen LogP contribution is -2.13. The molecule has 0 unspecified atom stereocenters. The minimum absolute atomic E-state index is 1.12. The summed E-state index contributed by atoms with van der Waals surface area (Å²) in [4.78, 5) is 4.34. The molecule has 12 heavy (non-hydrogen) atoms. The summed E-state index contributed by atoms with van der Waals surface area (Å²) in [5.41, 5.74) is 3.66. The Morgan fingerprint density at radius 3 is 2.50 bits per heavy atom. The predicted molar refractivity (Wildman–Crippen MR) is 58.1 cm³/mol. The van der Waals surface area contributed by atoms with Crippen LogP contribution in [0, 0.1) is 0 Å². The lowest BCUT2D eigenvalue weighted by Gasteiger charge is -2.03. The molecule has 1 aromatic heterocycles. The van der Waals surface area contributed by atoms with Crippen LogP contribution in [0.15, 0.2) is 30.5 Å². The summed E-state index contributed by atoms with van der Waals surface area (Å²) in [5, 5.41) is 1.26. The van der Waals surface area contributed by atoms with Gasteiger partial charge in [-0.25, -0.2) is 0 Å². The summed E-state index contributed by atoms with van der Waals surface area (Å²) in [7, 11) is 4.21. The Morgan fingerprint density at radius 1 is 1.00 bits per heavy atom. The Kier molecular flexibility index (Phi) is 1.65. The standard InChI is InChI=1S/C9H9B2N/c10-7-3-4-8(11)9-6(7)2-1-5-12-9/h1-5H,10-11H2. The summed E-state index contributed by atoms with van der Waals surface area (Å²) in [5.74, 6) is 0. The summed E-state index contributed by atoms with van der Waals surface area (Å²) in [6.45, 7) is 0. The van der Waals surface area contributed by atoms with Gasteiger partial charge in [0, 0.05) is 6.20 Å². The van der Waals surface area contributed by atoms with Gasteiger partial charge in [0.2, 0.25) is 0 Å². The average molecular weight is 153 g/mol. The third-order valence-electron chi connectivity index (χ3n) is 2.19. The zero-order chi connectivity index (χ0) is 8.55. The molecule has 0 amide bonds. The van der Waals surface area contributed by atoms with E-state index in [-0.39, 0.29) is 0 Å². The van der Waals surface area contributed by atoms with Gasteiger partial charge >= 0.3 is 0 Å². The number of benzene rings is 1. The van der Waals surface area contributed by atoms with Crippen LogP contribution in [-0.4, -0.2) is 20.7 Å². The van der Waals surface area contributed by atoms with Gasteiger partial charge in [0.15, 0.2) is 0 Å². The maximum atomic E-state index is 4.34. The van der Waals surface area contributed by atoms with Gasteiger partial charge in [0.05, 0.1) is 5.52 Å². The second-order valence-electron chi connectivity index (χ2n) is 3.10. The highest BCUT2D eigenvalue weighted by molar-refractivity contribution is 6.44.